The van der Waals surface area contributed by atoms with Crippen LogP contribution in [0.1, 0.15) is 19.3 Å². The molecule has 2 rings (SSSR count). The van der Waals surface area contributed by atoms with E-state index in [1.807, 2.05) is 0 Å². The van der Waals surface area contributed by atoms with Crippen LogP contribution in [0, 0.1) is 0 Å². The molecule has 2 N–H and O–H groups in total. The summed E-state index contributed by atoms with van der Waals surface area (Å²) in [5.41, 5.74) is 7.05. The second-order valence-electron chi connectivity index (χ2n) is 4.51. The zero-order valence-corrected chi connectivity index (χ0v) is 8.80. The van der Waals surface area contributed by atoms with E-state index in [-0.39, 0.29) is 0 Å². The van der Waals surface area contributed by atoms with Gasteiger partial charge in [-0.3, -0.25) is 4.90 Å². The van der Waals surface area contributed by atoms with Gasteiger partial charge in [0.2, 0.25) is 0 Å². The second-order valence-corrected chi connectivity index (χ2v) is 4.51. The predicted octanol–water partition coefficient (Wildman–Crippen LogP) is 0.756. The summed E-state index contributed by atoms with van der Waals surface area (Å²) in [6, 6.07) is 0. The van der Waals surface area contributed by atoms with Crippen molar-refractivity contribution in [2.75, 3.05) is 32.8 Å². The third-order valence-corrected chi connectivity index (χ3v) is 3.53. The van der Waals surface area contributed by atoms with Gasteiger partial charge in [0, 0.05) is 25.2 Å². The van der Waals surface area contributed by atoms with Crippen molar-refractivity contribution in [1.82, 2.24) is 4.90 Å². The monoisotopic (exact) mass is 196 g/mol. The van der Waals surface area contributed by atoms with Gasteiger partial charge in [-0.25, -0.2) is 0 Å². The number of likely N-dealkylation sites (tertiary alicyclic amines) is 1. The molecule has 2 aliphatic heterocycles. The topological polar surface area (TPSA) is 38.5 Å². The van der Waals surface area contributed by atoms with E-state index in [0.717, 1.165) is 25.3 Å². The molecule has 0 bridgehead atoms. The van der Waals surface area contributed by atoms with E-state index in [1.54, 1.807) is 0 Å². The van der Waals surface area contributed by atoms with Gasteiger partial charge in [-0.05, 0) is 31.4 Å². The van der Waals surface area contributed by atoms with Gasteiger partial charge in [-0.1, -0.05) is 6.58 Å². The van der Waals surface area contributed by atoms with Crippen LogP contribution in [0.4, 0.5) is 0 Å². The maximum atomic E-state index is 5.58. The second kappa shape index (κ2) is 4.01. The first-order valence-corrected chi connectivity index (χ1v) is 5.46. The summed E-state index contributed by atoms with van der Waals surface area (Å²) in [7, 11) is 0. The van der Waals surface area contributed by atoms with Crippen molar-refractivity contribution in [3.8, 4) is 0 Å². The van der Waals surface area contributed by atoms with Crippen LogP contribution < -0.4 is 5.73 Å². The highest BCUT2D eigenvalue weighted by Crippen LogP contribution is 2.36. The molecule has 0 aromatic heterocycles. The number of rotatable bonds is 3. The lowest BCUT2D eigenvalue weighted by Crippen LogP contribution is -2.45. The summed E-state index contributed by atoms with van der Waals surface area (Å²) in [4.78, 5) is 2.52. The third-order valence-electron chi connectivity index (χ3n) is 3.53. The summed E-state index contributed by atoms with van der Waals surface area (Å²) in [6.45, 7) is 8.56. The van der Waals surface area contributed by atoms with Crippen molar-refractivity contribution < 1.29 is 4.74 Å². The third kappa shape index (κ3) is 1.72. The van der Waals surface area contributed by atoms with Crippen LogP contribution in [0.25, 0.3) is 0 Å². The minimum Gasteiger partial charge on any atom is -0.379 e. The van der Waals surface area contributed by atoms with Gasteiger partial charge in [0.25, 0.3) is 0 Å². The standard InChI is InChI=1S/C11H20N2O/c1-10(7-12)8-13-5-2-3-11(13)4-6-14-9-11/h1-9,12H2. The molecule has 1 atom stereocenters. The minimum absolute atomic E-state index is 0.331. The van der Waals surface area contributed by atoms with Gasteiger partial charge in [-0.2, -0.15) is 0 Å². The normalized spacial score (nSPS) is 32.9. The predicted molar refractivity (Wildman–Crippen MR) is 57.2 cm³/mol. The van der Waals surface area contributed by atoms with E-state index in [2.05, 4.69) is 11.5 Å². The average Bonchev–Trinajstić information content (AvgIpc) is 2.79. The molecule has 0 aromatic rings. The fourth-order valence-electron chi connectivity index (χ4n) is 2.62. The summed E-state index contributed by atoms with van der Waals surface area (Å²) < 4.78 is 5.53. The van der Waals surface area contributed by atoms with Crippen LogP contribution in [0.2, 0.25) is 0 Å². The molecular weight excluding hydrogens is 176 g/mol. The van der Waals surface area contributed by atoms with E-state index < -0.39 is 0 Å². The molecule has 2 heterocycles. The molecule has 3 nitrogen and oxygen atoms in total. The lowest BCUT2D eigenvalue weighted by molar-refractivity contribution is 0.108. The van der Waals surface area contributed by atoms with Gasteiger partial charge in [0.15, 0.2) is 0 Å². The highest BCUT2D eigenvalue weighted by molar-refractivity contribution is 5.06. The average molecular weight is 196 g/mol. The van der Waals surface area contributed by atoms with Gasteiger partial charge in [-0.15, -0.1) is 0 Å². The van der Waals surface area contributed by atoms with Crippen molar-refractivity contribution in [1.29, 1.82) is 0 Å². The molecule has 0 radical (unpaired) electrons. The number of ether oxygens (including phenoxy) is 1. The van der Waals surface area contributed by atoms with E-state index >= 15 is 0 Å². The number of hydrogen-bond acceptors (Lipinski definition) is 3. The SMILES string of the molecule is C=C(CN)CN1CCCC12CCOC2. The molecule has 0 aliphatic carbocycles. The molecule has 1 spiro atoms. The van der Waals surface area contributed by atoms with Gasteiger partial charge in [0.1, 0.15) is 0 Å². The molecule has 0 aromatic carbocycles. The molecule has 0 amide bonds. The Morgan fingerprint density at radius 1 is 1.50 bits per heavy atom. The number of nitrogens with two attached hydrogens (primary N) is 1. The van der Waals surface area contributed by atoms with Gasteiger partial charge < -0.3 is 10.5 Å². The van der Waals surface area contributed by atoms with Crippen LogP contribution in [0.3, 0.4) is 0 Å². The van der Waals surface area contributed by atoms with Crippen LogP contribution >= 0.6 is 0 Å². The van der Waals surface area contributed by atoms with Gasteiger partial charge in [0.05, 0.1) is 6.61 Å². The van der Waals surface area contributed by atoms with Crippen molar-refractivity contribution in [2.45, 2.75) is 24.8 Å². The van der Waals surface area contributed by atoms with Crippen LogP contribution in [-0.2, 0) is 4.74 Å². The zero-order chi connectivity index (χ0) is 10.0. The molecule has 3 heteroatoms. The van der Waals surface area contributed by atoms with Crippen molar-refractivity contribution in [2.24, 2.45) is 5.73 Å². The summed E-state index contributed by atoms with van der Waals surface area (Å²) in [6.07, 6.45) is 3.76. The molecule has 2 saturated heterocycles. The first kappa shape index (κ1) is 10.1. The maximum Gasteiger partial charge on any atom is 0.0651 e. The molecular formula is C11H20N2O. The maximum absolute atomic E-state index is 5.58. The van der Waals surface area contributed by atoms with Crippen molar-refractivity contribution in [3.05, 3.63) is 12.2 Å². The number of nitrogens with zero attached hydrogens (tertiary/aromatic N) is 1. The van der Waals surface area contributed by atoms with Crippen molar-refractivity contribution in [3.63, 3.8) is 0 Å². The Morgan fingerprint density at radius 2 is 2.36 bits per heavy atom. The zero-order valence-electron chi connectivity index (χ0n) is 8.80. The quantitative estimate of drug-likeness (QED) is 0.677. The van der Waals surface area contributed by atoms with E-state index in [9.17, 15) is 0 Å². The first-order valence-electron chi connectivity index (χ1n) is 5.46. The molecule has 14 heavy (non-hydrogen) atoms. The Morgan fingerprint density at radius 3 is 3.00 bits per heavy atom. The minimum atomic E-state index is 0.331. The lowest BCUT2D eigenvalue weighted by Gasteiger charge is -2.34. The molecule has 1 unspecified atom stereocenters. The van der Waals surface area contributed by atoms with Crippen LogP contribution in [0.5, 0.6) is 0 Å². The summed E-state index contributed by atoms with van der Waals surface area (Å²) in [5.74, 6) is 0. The van der Waals surface area contributed by atoms with E-state index in [0.29, 0.717) is 12.1 Å². The fourth-order valence-corrected chi connectivity index (χ4v) is 2.62. The first-order chi connectivity index (χ1) is 6.77. The Bertz CT molecular complexity index is 216. The highest BCUT2D eigenvalue weighted by atomic mass is 16.5. The molecule has 80 valence electrons. The Hall–Kier alpha value is -0.380. The van der Waals surface area contributed by atoms with Crippen LogP contribution in [0.15, 0.2) is 12.2 Å². The van der Waals surface area contributed by atoms with E-state index in [1.165, 1.54) is 25.8 Å². The van der Waals surface area contributed by atoms with Gasteiger partial charge >= 0.3 is 0 Å². The fraction of sp³-hybridized carbons (Fsp3) is 0.818. The Labute approximate surface area is 85.9 Å². The Kier molecular flexibility index (Phi) is 2.91. The Balaban J connectivity index is 1.99. The van der Waals surface area contributed by atoms with Crippen LogP contribution in [-0.4, -0.2) is 43.3 Å². The number of hydrogen-bond donors (Lipinski definition) is 1. The largest absolute Gasteiger partial charge is 0.379 e. The molecule has 2 aliphatic rings. The summed E-state index contributed by atoms with van der Waals surface area (Å²) >= 11 is 0. The smallest absolute Gasteiger partial charge is 0.0651 e. The van der Waals surface area contributed by atoms with E-state index in [4.69, 9.17) is 10.5 Å². The molecule has 2 fully saturated rings. The highest BCUT2D eigenvalue weighted by Gasteiger charge is 2.43. The summed E-state index contributed by atoms with van der Waals surface area (Å²) in [5, 5.41) is 0. The molecule has 0 saturated carbocycles. The lowest BCUT2D eigenvalue weighted by atomic mass is 9.95. The van der Waals surface area contributed by atoms with Crippen molar-refractivity contribution >= 4 is 0 Å².